The van der Waals surface area contributed by atoms with Gasteiger partial charge in [-0.1, -0.05) is 5.57 Å². The Hall–Kier alpha value is -1.10. The number of aldehydes is 1. The molecule has 0 aliphatic heterocycles. The highest BCUT2D eigenvalue weighted by Crippen LogP contribution is 1.95. The number of nitrogens with zero attached hydrogens (tertiary/aromatic N) is 1. The fraction of sp³-hybridized carbons (Fsp3) is 0.333. The van der Waals surface area contributed by atoms with Crippen molar-refractivity contribution in [3.8, 4) is 6.07 Å². The molecule has 0 saturated heterocycles. The Labute approximate surface area is 48.4 Å². The monoisotopic (exact) mass is 109 g/mol. The van der Waals surface area contributed by atoms with Crippen LogP contribution in [0.4, 0.5) is 0 Å². The lowest BCUT2D eigenvalue weighted by Gasteiger charge is -1.83. The van der Waals surface area contributed by atoms with E-state index in [0.29, 0.717) is 6.29 Å². The third kappa shape index (κ3) is 1.57. The minimum absolute atomic E-state index is 0.227. The number of rotatable bonds is 1. The number of carbonyl (C=O) groups excluding carboxylic acids is 1. The topological polar surface area (TPSA) is 40.9 Å². The molecule has 0 aromatic rings. The average Bonchev–Trinajstić information content (AvgIpc) is 1.69. The van der Waals surface area contributed by atoms with Crippen molar-refractivity contribution >= 4 is 6.29 Å². The van der Waals surface area contributed by atoms with Crippen LogP contribution < -0.4 is 0 Å². The molecule has 0 rings (SSSR count). The van der Waals surface area contributed by atoms with Crippen LogP contribution in [-0.2, 0) is 4.79 Å². The SMILES string of the molecule is CC(C)=C(C#N)C=O. The summed E-state index contributed by atoms with van der Waals surface area (Å²) in [6, 6.07) is 1.76. The summed E-state index contributed by atoms with van der Waals surface area (Å²) in [4.78, 5) is 9.90. The molecule has 8 heavy (non-hydrogen) atoms. The van der Waals surface area contributed by atoms with Gasteiger partial charge >= 0.3 is 0 Å². The Morgan fingerprint density at radius 1 is 1.62 bits per heavy atom. The van der Waals surface area contributed by atoms with Crippen molar-refractivity contribution in [1.29, 1.82) is 5.26 Å². The molecule has 0 amide bonds. The molecule has 0 atom stereocenters. The van der Waals surface area contributed by atoms with E-state index < -0.39 is 0 Å². The Kier molecular flexibility index (Phi) is 2.57. The fourth-order valence-electron chi connectivity index (χ4n) is 0.256. The van der Waals surface area contributed by atoms with Crippen molar-refractivity contribution < 1.29 is 4.79 Å². The smallest absolute Gasteiger partial charge is 0.160 e. The lowest BCUT2D eigenvalue weighted by molar-refractivity contribution is -0.104. The first-order chi connectivity index (χ1) is 3.72. The van der Waals surface area contributed by atoms with Crippen molar-refractivity contribution in [1.82, 2.24) is 0 Å². The maximum atomic E-state index is 9.90. The van der Waals surface area contributed by atoms with E-state index in [1.54, 1.807) is 19.9 Å². The molecular weight excluding hydrogens is 102 g/mol. The van der Waals surface area contributed by atoms with E-state index in [1.165, 1.54) is 0 Å². The average molecular weight is 109 g/mol. The molecule has 0 radical (unpaired) electrons. The molecule has 0 aromatic carbocycles. The van der Waals surface area contributed by atoms with Crippen LogP contribution in [0.15, 0.2) is 11.1 Å². The van der Waals surface area contributed by atoms with E-state index in [-0.39, 0.29) is 5.57 Å². The van der Waals surface area contributed by atoms with Gasteiger partial charge in [-0.25, -0.2) is 0 Å². The van der Waals surface area contributed by atoms with Crippen LogP contribution >= 0.6 is 0 Å². The second-order valence-electron chi connectivity index (χ2n) is 1.64. The maximum Gasteiger partial charge on any atom is 0.160 e. The van der Waals surface area contributed by atoms with Crippen LogP contribution in [0.3, 0.4) is 0 Å². The molecule has 2 nitrogen and oxygen atoms in total. The van der Waals surface area contributed by atoms with Gasteiger partial charge in [-0.15, -0.1) is 0 Å². The van der Waals surface area contributed by atoms with Crippen LogP contribution in [0.1, 0.15) is 13.8 Å². The Bertz CT molecular complexity index is 158. The summed E-state index contributed by atoms with van der Waals surface area (Å²) in [7, 11) is 0. The zero-order chi connectivity index (χ0) is 6.57. The highest BCUT2D eigenvalue weighted by Gasteiger charge is 1.90. The van der Waals surface area contributed by atoms with Crippen molar-refractivity contribution in [2.24, 2.45) is 0 Å². The van der Waals surface area contributed by atoms with Gasteiger partial charge in [0.15, 0.2) is 6.29 Å². The highest BCUT2D eigenvalue weighted by atomic mass is 16.1. The van der Waals surface area contributed by atoms with Gasteiger partial charge in [0.25, 0.3) is 0 Å². The molecule has 0 bridgehead atoms. The number of carbonyl (C=O) groups is 1. The number of allylic oxidation sites excluding steroid dienone is 2. The molecule has 2 heteroatoms. The fourth-order valence-corrected chi connectivity index (χ4v) is 0.256. The molecule has 0 N–H and O–H groups in total. The molecule has 42 valence electrons. The van der Waals surface area contributed by atoms with Crippen molar-refractivity contribution in [2.75, 3.05) is 0 Å². The zero-order valence-electron chi connectivity index (χ0n) is 4.93. The summed E-state index contributed by atoms with van der Waals surface area (Å²) in [5.74, 6) is 0. The third-order valence-corrected chi connectivity index (χ3v) is 0.777. The molecular formula is C6H7NO. The third-order valence-electron chi connectivity index (χ3n) is 0.777. The Morgan fingerprint density at radius 2 is 2.12 bits per heavy atom. The van der Waals surface area contributed by atoms with Gasteiger partial charge in [-0.3, -0.25) is 4.79 Å². The van der Waals surface area contributed by atoms with Gasteiger partial charge in [0.05, 0.1) is 5.57 Å². The minimum Gasteiger partial charge on any atom is -0.297 e. The summed E-state index contributed by atoms with van der Waals surface area (Å²) in [6.45, 7) is 3.46. The standard InChI is InChI=1S/C6H7NO/c1-5(2)6(3-7)4-8/h4H,1-2H3. The highest BCUT2D eigenvalue weighted by molar-refractivity contribution is 5.79. The quantitative estimate of drug-likeness (QED) is 0.287. The first-order valence-corrected chi connectivity index (χ1v) is 2.25. The van der Waals surface area contributed by atoms with Crippen molar-refractivity contribution in [2.45, 2.75) is 13.8 Å². The van der Waals surface area contributed by atoms with Crippen LogP contribution in [0.25, 0.3) is 0 Å². The minimum atomic E-state index is 0.227. The second-order valence-corrected chi connectivity index (χ2v) is 1.64. The molecule has 0 aromatic heterocycles. The van der Waals surface area contributed by atoms with Gasteiger partial charge in [0, 0.05) is 0 Å². The Morgan fingerprint density at radius 3 is 2.12 bits per heavy atom. The number of nitriles is 1. The molecule has 0 fully saturated rings. The van der Waals surface area contributed by atoms with Gasteiger partial charge in [-0.2, -0.15) is 5.26 Å². The van der Waals surface area contributed by atoms with E-state index >= 15 is 0 Å². The van der Waals surface area contributed by atoms with Crippen LogP contribution in [0, 0.1) is 11.3 Å². The van der Waals surface area contributed by atoms with Gasteiger partial charge in [0.1, 0.15) is 6.07 Å². The van der Waals surface area contributed by atoms with Crippen molar-refractivity contribution in [3.05, 3.63) is 11.1 Å². The molecule has 0 spiro atoms. The van der Waals surface area contributed by atoms with E-state index in [4.69, 9.17) is 5.26 Å². The number of hydrogen-bond donors (Lipinski definition) is 0. The van der Waals surface area contributed by atoms with Crippen LogP contribution in [-0.4, -0.2) is 6.29 Å². The molecule has 0 aliphatic carbocycles. The number of hydrogen-bond acceptors (Lipinski definition) is 2. The summed E-state index contributed by atoms with van der Waals surface area (Å²) < 4.78 is 0. The van der Waals surface area contributed by atoms with Crippen molar-refractivity contribution in [3.63, 3.8) is 0 Å². The zero-order valence-corrected chi connectivity index (χ0v) is 4.93. The lowest BCUT2D eigenvalue weighted by Crippen LogP contribution is -1.81. The predicted octanol–water partition coefficient (Wildman–Crippen LogP) is 1.05. The Balaban J connectivity index is 4.38. The maximum absolute atomic E-state index is 9.90. The second kappa shape index (κ2) is 2.98. The first-order valence-electron chi connectivity index (χ1n) is 2.25. The molecule has 0 unspecified atom stereocenters. The van der Waals surface area contributed by atoms with E-state index in [2.05, 4.69) is 0 Å². The lowest BCUT2D eigenvalue weighted by atomic mass is 10.2. The summed E-state index contributed by atoms with van der Waals surface area (Å²) in [5, 5.41) is 8.16. The predicted molar refractivity (Wildman–Crippen MR) is 30.1 cm³/mol. The largest absolute Gasteiger partial charge is 0.297 e. The molecule has 0 heterocycles. The molecule has 0 aliphatic rings. The van der Waals surface area contributed by atoms with Gasteiger partial charge in [-0.05, 0) is 13.8 Å². The van der Waals surface area contributed by atoms with Crippen LogP contribution in [0.2, 0.25) is 0 Å². The van der Waals surface area contributed by atoms with E-state index in [1.807, 2.05) is 0 Å². The van der Waals surface area contributed by atoms with Crippen LogP contribution in [0.5, 0.6) is 0 Å². The molecule has 0 saturated carbocycles. The first kappa shape index (κ1) is 6.90. The normalized spacial score (nSPS) is 7.12. The summed E-state index contributed by atoms with van der Waals surface area (Å²) in [5.41, 5.74) is 0.993. The summed E-state index contributed by atoms with van der Waals surface area (Å²) in [6.07, 6.45) is 0.565. The summed E-state index contributed by atoms with van der Waals surface area (Å²) >= 11 is 0. The van der Waals surface area contributed by atoms with Gasteiger partial charge < -0.3 is 0 Å². The van der Waals surface area contributed by atoms with E-state index in [0.717, 1.165) is 5.57 Å². The van der Waals surface area contributed by atoms with Gasteiger partial charge in [0.2, 0.25) is 0 Å². The van der Waals surface area contributed by atoms with E-state index in [9.17, 15) is 4.79 Å².